The van der Waals surface area contributed by atoms with Crippen molar-refractivity contribution in [2.75, 3.05) is 0 Å². The van der Waals surface area contributed by atoms with Crippen molar-refractivity contribution in [2.24, 2.45) is 5.18 Å². The molecule has 1 aromatic rings. The molecule has 1 rings (SSSR count). The van der Waals surface area contributed by atoms with E-state index in [0.717, 1.165) is 5.56 Å². The van der Waals surface area contributed by atoms with Crippen molar-refractivity contribution in [3.63, 3.8) is 0 Å². The number of nitrogens with zero attached hydrogens (tertiary/aromatic N) is 1. The van der Waals surface area contributed by atoms with Gasteiger partial charge in [0.15, 0.2) is 0 Å². The number of hydrogen-bond acceptors (Lipinski definition) is 3. The van der Waals surface area contributed by atoms with E-state index >= 15 is 0 Å². The molecule has 0 amide bonds. The zero-order valence-corrected chi connectivity index (χ0v) is 8.80. The zero-order valence-electron chi connectivity index (χ0n) is 8.80. The number of benzene rings is 1. The number of nitroso groups, excluding NO2 is 1. The van der Waals surface area contributed by atoms with E-state index < -0.39 is 5.97 Å². The minimum absolute atomic E-state index is 0.0469. The summed E-state index contributed by atoms with van der Waals surface area (Å²) < 4.78 is 0. The van der Waals surface area contributed by atoms with Gasteiger partial charge in [0, 0.05) is 0 Å². The molecule has 0 saturated heterocycles. The van der Waals surface area contributed by atoms with E-state index in [9.17, 15) is 9.70 Å². The monoisotopic (exact) mass is 217 g/mol. The molecular weight excluding hydrogens is 206 g/mol. The largest absolute Gasteiger partial charge is 0.481 e. The highest BCUT2D eigenvalue weighted by Gasteiger charge is 2.12. The highest BCUT2D eigenvalue weighted by Crippen LogP contribution is 2.22. The smallest absolute Gasteiger partial charge is 0.304 e. The molecule has 4 heteroatoms. The maximum atomic E-state index is 10.6. The first-order valence-corrected chi connectivity index (χ1v) is 4.74. The van der Waals surface area contributed by atoms with E-state index in [-0.39, 0.29) is 12.3 Å². The molecule has 82 valence electrons. The second kappa shape index (κ2) is 5.66. The number of rotatable bonds is 4. The Bertz CT molecular complexity index is 440. The van der Waals surface area contributed by atoms with Gasteiger partial charge in [0.05, 0.1) is 12.3 Å². The van der Waals surface area contributed by atoms with E-state index in [1.807, 2.05) is 0 Å². The molecule has 1 unspecified atom stereocenters. The van der Waals surface area contributed by atoms with Gasteiger partial charge in [-0.2, -0.15) is 0 Å². The maximum absolute atomic E-state index is 10.6. The van der Waals surface area contributed by atoms with Crippen LogP contribution in [0.1, 0.15) is 24.8 Å². The average Bonchev–Trinajstić information content (AvgIpc) is 2.28. The highest BCUT2D eigenvalue weighted by atomic mass is 16.4. The first kappa shape index (κ1) is 11.9. The minimum atomic E-state index is -0.898. The molecule has 0 aliphatic rings. The summed E-state index contributed by atoms with van der Waals surface area (Å²) in [6.45, 7) is 1.66. The predicted molar refractivity (Wildman–Crippen MR) is 60.3 cm³/mol. The van der Waals surface area contributed by atoms with Gasteiger partial charge in [0.1, 0.15) is 5.69 Å². The molecule has 16 heavy (non-hydrogen) atoms. The topological polar surface area (TPSA) is 66.7 Å². The van der Waals surface area contributed by atoms with Gasteiger partial charge in [-0.25, -0.2) is 0 Å². The number of carboxylic acid groups (broad SMARTS) is 1. The Labute approximate surface area is 93.3 Å². The van der Waals surface area contributed by atoms with Crippen molar-refractivity contribution in [2.45, 2.75) is 19.3 Å². The first-order valence-electron chi connectivity index (χ1n) is 4.74. The summed E-state index contributed by atoms with van der Waals surface area (Å²) in [6, 6.07) is 6.45. The molecule has 0 bridgehead atoms. The molecule has 0 saturated carbocycles. The quantitative estimate of drug-likeness (QED) is 0.622. The van der Waals surface area contributed by atoms with Crippen LogP contribution in [0.15, 0.2) is 29.4 Å². The summed E-state index contributed by atoms with van der Waals surface area (Å²) in [5.74, 6) is 4.29. The molecule has 1 atom stereocenters. The molecule has 0 heterocycles. The van der Waals surface area contributed by atoms with Crippen LogP contribution in [0.5, 0.6) is 0 Å². The maximum Gasteiger partial charge on any atom is 0.304 e. The van der Waals surface area contributed by atoms with E-state index in [4.69, 9.17) is 5.11 Å². The summed E-state index contributed by atoms with van der Waals surface area (Å²) in [4.78, 5) is 20.9. The van der Waals surface area contributed by atoms with Gasteiger partial charge in [0.2, 0.25) is 0 Å². The predicted octanol–water partition coefficient (Wildman–Crippen LogP) is 2.67. The summed E-state index contributed by atoms with van der Waals surface area (Å²) in [5, 5.41) is 11.5. The van der Waals surface area contributed by atoms with E-state index in [0.29, 0.717) is 5.69 Å². The Morgan fingerprint density at radius 3 is 2.50 bits per heavy atom. The van der Waals surface area contributed by atoms with Crippen LogP contribution >= 0.6 is 0 Å². The molecular formula is C12H11NO3. The van der Waals surface area contributed by atoms with Gasteiger partial charge in [-0.1, -0.05) is 18.1 Å². The zero-order chi connectivity index (χ0) is 12.0. The summed E-state index contributed by atoms with van der Waals surface area (Å²) in [5.41, 5.74) is 1.10. The molecule has 0 spiro atoms. The van der Waals surface area contributed by atoms with Gasteiger partial charge in [-0.15, -0.1) is 10.8 Å². The molecule has 0 aromatic heterocycles. The lowest BCUT2D eigenvalue weighted by Gasteiger charge is -2.07. The van der Waals surface area contributed by atoms with Crippen molar-refractivity contribution in [1.29, 1.82) is 0 Å². The standard InChI is InChI=1S/C12H11NO3/c1-2-3-10(8-12(14)15)9-4-6-11(13-16)7-5-9/h4-7,10H,8H2,1H3,(H,14,15). The Morgan fingerprint density at radius 2 is 2.06 bits per heavy atom. The summed E-state index contributed by atoms with van der Waals surface area (Å²) in [7, 11) is 0. The number of carboxylic acids is 1. The molecule has 1 aromatic carbocycles. The fourth-order valence-electron chi connectivity index (χ4n) is 1.37. The Morgan fingerprint density at radius 1 is 1.44 bits per heavy atom. The van der Waals surface area contributed by atoms with E-state index in [2.05, 4.69) is 17.0 Å². The second-order valence-corrected chi connectivity index (χ2v) is 3.23. The lowest BCUT2D eigenvalue weighted by atomic mass is 9.96. The molecule has 1 N–H and O–H groups in total. The lowest BCUT2D eigenvalue weighted by Crippen LogP contribution is -2.04. The van der Waals surface area contributed by atoms with Crippen molar-refractivity contribution in [3.05, 3.63) is 34.7 Å². The van der Waals surface area contributed by atoms with Gasteiger partial charge in [0.25, 0.3) is 0 Å². The van der Waals surface area contributed by atoms with Crippen molar-refractivity contribution < 1.29 is 9.90 Å². The number of hydrogen-bond donors (Lipinski definition) is 1. The molecule has 4 nitrogen and oxygen atoms in total. The van der Waals surface area contributed by atoms with E-state index in [1.54, 1.807) is 31.2 Å². The summed E-state index contributed by atoms with van der Waals surface area (Å²) in [6.07, 6.45) is -0.0469. The third-order valence-electron chi connectivity index (χ3n) is 2.10. The molecule has 0 fully saturated rings. The van der Waals surface area contributed by atoms with Crippen LogP contribution in [-0.4, -0.2) is 11.1 Å². The first-order chi connectivity index (χ1) is 7.67. The SMILES string of the molecule is CC#CC(CC(=O)O)c1ccc(N=O)cc1. The van der Waals surface area contributed by atoms with Gasteiger partial charge >= 0.3 is 5.97 Å². The number of carbonyl (C=O) groups is 1. The average molecular weight is 217 g/mol. The van der Waals surface area contributed by atoms with Crippen LogP contribution in [0.4, 0.5) is 5.69 Å². The number of aliphatic carboxylic acids is 1. The lowest BCUT2D eigenvalue weighted by molar-refractivity contribution is -0.137. The van der Waals surface area contributed by atoms with Crippen molar-refractivity contribution >= 4 is 11.7 Å². The van der Waals surface area contributed by atoms with Gasteiger partial charge in [-0.3, -0.25) is 4.79 Å². The van der Waals surface area contributed by atoms with E-state index in [1.165, 1.54) is 0 Å². The molecule has 0 aliphatic carbocycles. The van der Waals surface area contributed by atoms with Gasteiger partial charge in [-0.05, 0) is 29.8 Å². The van der Waals surface area contributed by atoms with Crippen molar-refractivity contribution in [3.8, 4) is 11.8 Å². The fraction of sp³-hybridized carbons (Fsp3) is 0.250. The van der Waals surface area contributed by atoms with Gasteiger partial charge < -0.3 is 5.11 Å². The Hall–Kier alpha value is -2.15. The highest BCUT2D eigenvalue weighted by molar-refractivity contribution is 5.69. The third-order valence-corrected chi connectivity index (χ3v) is 2.10. The van der Waals surface area contributed by atoms with Crippen LogP contribution in [0.25, 0.3) is 0 Å². The van der Waals surface area contributed by atoms with Crippen LogP contribution in [0, 0.1) is 16.7 Å². The third kappa shape index (κ3) is 3.21. The summed E-state index contributed by atoms with van der Waals surface area (Å²) >= 11 is 0. The van der Waals surface area contributed by atoms with Crippen molar-refractivity contribution in [1.82, 2.24) is 0 Å². The normalized spacial score (nSPS) is 11.1. The molecule has 0 radical (unpaired) electrons. The fourth-order valence-corrected chi connectivity index (χ4v) is 1.37. The second-order valence-electron chi connectivity index (χ2n) is 3.23. The van der Waals surface area contributed by atoms with Crippen LogP contribution in [0.2, 0.25) is 0 Å². The Balaban J connectivity index is 2.94. The van der Waals surface area contributed by atoms with Crippen LogP contribution in [-0.2, 0) is 4.79 Å². The Kier molecular flexibility index (Phi) is 4.22. The minimum Gasteiger partial charge on any atom is -0.481 e. The molecule has 0 aliphatic heterocycles. The van der Waals surface area contributed by atoms with Crippen LogP contribution < -0.4 is 0 Å². The van der Waals surface area contributed by atoms with Crippen LogP contribution in [0.3, 0.4) is 0 Å².